The number of hydrogen-bond donors (Lipinski definition) is 5. The number of nitrogens with one attached hydrogen (secondary N) is 4. The fraction of sp³-hybridized carbons (Fsp3) is 0.508. The molecule has 5 aromatic rings. The van der Waals surface area contributed by atoms with Gasteiger partial charge in [-0.05, 0) is 143 Å². The summed E-state index contributed by atoms with van der Waals surface area (Å²) in [7, 11) is 0. The van der Waals surface area contributed by atoms with Crippen LogP contribution in [-0.4, -0.2) is 139 Å². The molecule has 5 heterocycles. The van der Waals surface area contributed by atoms with Crippen LogP contribution in [0, 0.1) is 33.1 Å². The molecule has 4 atom stereocenters. The highest BCUT2D eigenvalue weighted by Crippen LogP contribution is 2.36. The average molecular weight is 1110 g/mol. The van der Waals surface area contributed by atoms with E-state index in [0.29, 0.717) is 49.1 Å². The van der Waals surface area contributed by atoms with Crippen molar-refractivity contribution >= 4 is 40.4 Å². The van der Waals surface area contributed by atoms with Crippen molar-refractivity contribution in [3.05, 3.63) is 134 Å². The number of aryl methyl sites for hydroxylation is 3. The molecule has 0 aliphatic carbocycles. The molecular weight excluding hydrogens is 1030 g/mol. The maximum Gasteiger partial charge on any atom is 0.253 e. The number of carbonyl (C=O) groups is 3. The Bertz CT molecular complexity index is 2990. The van der Waals surface area contributed by atoms with E-state index in [1.165, 1.54) is 0 Å². The molecule has 0 radical (unpaired) electrons. The number of likely N-dealkylation sites (tertiary alicyclic amines) is 1. The molecular formula is C63H85N9O7S. The molecule has 3 aromatic carbocycles. The van der Waals surface area contributed by atoms with Gasteiger partial charge in [0, 0.05) is 118 Å². The number of H-pyrrole nitrogens is 1. The number of amides is 3. The van der Waals surface area contributed by atoms with E-state index < -0.39 is 23.6 Å². The molecule has 3 fully saturated rings. The minimum atomic E-state index is -0.833. The number of aliphatic hydroxyl groups is 1. The number of β-amino-alcohol motifs (C(OH)–C–C–N with tert-alkyl or cyclic N) is 1. The van der Waals surface area contributed by atoms with Crippen LogP contribution in [0.4, 0.5) is 11.4 Å². The number of rotatable bonds is 22. The molecule has 0 spiro atoms. The zero-order valence-electron chi connectivity index (χ0n) is 48.6. The molecule has 430 valence electrons. The van der Waals surface area contributed by atoms with Gasteiger partial charge in [0.1, 0.15) is 12.6 Å². The third kappa shape index (κ3) is 14.8. The molecule has 3 saturated heterocycles. The van der Waals surface area contributed by atoms with Gasteiger partial charge >= 0.3 is 0 Å². The first-order chi connectivity index (χ1) is 38.3. The summed E-state index contributed by atoms with van der Waals surface area (Å²) in [5.41, 5.74) is 12.8. The van der Waals surface area contributed by atoms with Crippen molar-refractivity contribution in [2.24, 2.45) is 5.41 Å². The Morgan fingerprint density at radius 2 is 1.64 bits per heavy atom. The van der Waals surface area contributed by atoms with Gasteiger partial charge in [0.05, 0.1) is 28.2 Å². The molecule has 17 heteroatoms. The molecule has 0 bridgehead atoms. The Morgan fingerprint density at radius 1 is 0.938 bits per heavy atom. The molecule has 80 heavy (non-hydrogen) atoms. The summed E-state index contributed by atoms with van der Waals surface area (Å²) in [4.78, 5) is 71.9. The number of thiazole rings is 1. The van der Waals surface area contributed by atoms with Crippen LogP contribution >= 0.6 is 11.3 Å². The van der Waals surface area contributed by atoms with Crippen LogP contribution in [0.2, 0.25) is 0 Å². The van der Waals surface area contributed by atoms with Crippen molar-refractivity contribution in [2.45, 2.75) is 131 Å². The lowest BCUT2D eigenvalue weighted by Gasteiger charge is -2.37. The van der Waals surface area contributed by atoms with Gasteiger partial charge in [0.15, 0.2) is 0 Å². The summed E-state index contributed by atoms with van der Waals surface area (Å²) in [5.74, 6) is -0.820. The second-order valence-electron chi connectivity index (χ2n) is 23.1. The van der Waals surface area contributed by atoms with Gasteiger partial charge in [-0.3, -0.25) is 24.1 Å². The smallest absolute Gasteiger partial charge is 0.253 e. The van der Waals surface area contributed by atoms with Crippen LogP contribution in [0.1, 0.15) is 117 Å². The van der Waals surface area contributed by atoms with Gasteiger partial charge < -0.3 is 50.2 Å². The molecule has 3 aliphatic heterocycles. The largest absolute Gasteiger partial charge is 0.391 e. The van der Waals surface area contributed by atoms with Gasteiger partial charge in [-0.15, -0.1) is 11.3 Å². The fourth-order valence-electron chi connectivity index (χ4n) is 11.6. The summed E-state index contributed by atoms with van der Waals surface area (Å²) in [5, 5.41) is 20.4. The van der Waals surface area contributed by atoms with Crippen LogP contribution in [0.15, 0.2) is 89.3 Å². The quantitative estimate of drug-likeness (QED) is 0.0417. The second-order valence-corrected chi connectivity index (χ2v) is 24.0. The number of ether oxygens (including phenoxy) is 2. The predicted octanol–water partition coefficient (Wildman–Crippen LogP) is 8.61. The predicted molar refractivity (Wildman–Crippen MR) is 320 cm³/mol. The Morgan fingerprint density at radius 3 is 2.29 bits per heavy atom. The van der Waals surface area contributed by atoms with Gasteiger partial charge in [0.2, 0.25) is 11.8 Å². The lowest BCUT2D eigenvalue weighted by Crippen LogP contribution is -2.57. The standard InChI is InChI=1S/C63H85N9O7S/c1-11-71(51-22-30-78-31-23-51)55-34-49(33-53(42(55)4)60(75)64-36-54-40(2)32-41(3)66-61(54)76)47-18-20-50(21-19-47)70-27-25-69(26-28-70)24-12-13-29-79-38-57(74)68-59(63(8,9)10)62(77)72-37-52(73)35-56(72)44(6)67-43(5)46-14-16-48(17-15-46)58-45(7)65-39-80-58/h14-21,32-34,39,43,51-52,56,59,67,73H,6,11-13,22-31,35-38H2,1-5,7-10H3,(H,64,75)(H,66,76)(H,68,74)/t43-,52+,56-,59+/m0/s1. The van der Waals surface area contributed by atoms with Gasteiger partial charge in [-0.1, -0.05) is 63.7 Å². The summed E-state index contributed by atoms with van der Waals surface area (Å²) in [6, 6.07) is 22.1. The van der Waals surface area contributed by atoms with E-state index in [9.17, 15) is 24.3 Å². The number of aromatic amines is 1. The molecule has 16 nitrogen and oxygen atoms in total. The summed E-state index contributed by atoms with van der Waals surface area (Å²) in [6.07, 6.45) is 3.22. The van der Waals surface area contributed by atoms with Crippen molar-refractivity contribution in [1.82, 2.24) is 35.7 Å². The maximum absolute atomic E-state index is 14.3. The number of aliphatic hydroxyl groups excluding tert-OH is 1. The highest BCUT2D eigenvalue weighted by Gasteiger charge is 2.43. The SMILES string of the molecule is C=C(N[C@@H](C)c1ccc(-c2scnc2C)cc1)[C@@H]1C[C@@H](O)CN1C(=O)[C@@H](NC(=O)COCCCCN1CCN(c2ccc(-c3cc(C(=O)NCc4c(C)cc(C)[nH]c4=O)c(C)c(N(CC)C4CCOCC4)c3)cc2)CC1)C(C)(C)C. The lowest BCUT2D eigenvalue weighted by atomic mass is 9.85. The Hall–Kier alpha value is -6.37. The zero-order valence-corrected chi connectivity index (χ0v) is 49.4. The van der Waals surface area contributed by atoms with Crippen molar-refractivity contribution in [1.29, 1.82) is 0 Å². The minimum Gasteiger partial charge on any atom is -0.391 e. The zero-order chi connectivity index (χ0) is 57.3. The number of aromatic nitrogens is 2. The Kier molecular flexibility index (Phi) is 20.1. The van der Waals surface area contributed by atoms with E-state index in [2.05, 4.69) is 116 Å². The van der Waals surface area contributed by atoms with E-state index in [4.69, 9.17) is 9.47 Å². The number of unbranched alkanes of at least 4 members (excludes halogenated alkanes) is 1. The molecule has 8 rings (SSSR count). The summed E-state index contributed by atoms with van der Waals surface area (Å²) in [6.45, 7) is 29.5. The third-order valence-electron chi connectivity index (χ3n) is 16.2. The number of hydrogen-bond acceptors (Lipinski definition) is 13. The lowest BCUT2D eigenvalue weighted by molar-refractivity contribution is -0.141. The number of pyridine rings is 1. The summed E-state index contributed by atoms with van der Waals surface area (Å²) >= 11 is 1.62. The molecule has 0 unspecified atom stereocenters. The number of carbonyl (C=O) groups excluding carboxylic acids is 3. The first-order valence-electron chi connectivity index (χ1n) is 28.6. The Labute approximate surface area is 477 Å². The van der Waals surface area contributed by atoms with E-state index in [-0.39, 0.29) is 49.0 Å². The highest BCUT2D eigenvalue weighted by molar-refractivity contribution is 7.13. The van der Waals surface area contributed by atoms with Gasteiger partial charge in [-0.25, -0.2) is 4.98 Å². The topological polar surface area (TPSA) is 185 Å². The average Bonchev–Trinajstić information content (AvgIpc) is 4.06. The van der Waals surface area contributed by atoms with Crippen molar-refractivity contribution in [3.63, 3.8) is 0 Å². The molecule has 2 aromatic heterocycles. The van der Waals surface area contributed by atoms with Crippen molar-refractivity contribution < 1.29 is 29.0 Å². The maximum atomic E-state index is 14.3. The molecule has 5 N–H and O–H groups in total. The van der Waals surface area contributed by atoms with Crippen molar-refractivity contribution in [3.8, 4) is 21.6 Å². The normalized spacial score (nSPS) is 18.0. The van der Waals surface area contributed by atoms with Gasteiger partial charge in [0.25, 0.3) is 11.5 Å². The minimum absolute atomic E-state index is 0.0944. The number of piperazine rings is 1. The van der Waals surface area contributed by atoms with Gasteiger partial charge in [-0.2, -0.15) is 0 Å². The van der Waals surface area contributed by atoms with Crippen LogP contribution < -0.4 is 31.3 Å². The first kappa shape index (κ1) is 59.7. The monoisotopic (exact) mass is 1110 g/mol. The van der Waals surface area contributed by atoms with E-state index in [0.717, 1.165) is 126 Å². The molecule has 0 saturated carbocycles. The summed E-state index contributed by atoms with van der Waals surface area (Å²) < 4.78 is 11.6. The fourth-order valence-corrected chi connectivity index (χ4v) is 12.4. The van der Waals surface area contributed by atoms with Crippen LogP contribution in [0.3, 0.4) is 0 Å². The molecule has 3 aliphatic rings. The van der Waals surface area contributed by atoms with E-state index in [1.54, 1.807) is 16.2 Å². The number of anilines is 2. The van der Waals surface area contributed by atoms with E-state index in [1.807, 2.05) is 66.1 Å². The molecule has 3 amide bonds. The first-order valence-corrected chi connectivity index (χ1v) is 29.5. The van der Waals surface area contributed by atoms with Crippen LogP contribution in [-0.2, 0) is 25.6 Å². The van der Waals surface area contributed by atoms with Crippen LogP contribution in [0.5, 0.6) is 0 Å². The number of nitrogens with zero attached hydrogens (tertiary/aromatic N) is 5. The Balaban J connectivity index is 0.791. The van der Waals surface area contributed by atoms with Crippen molar-refractivity contribution in [2.75, 3.05) is 82.0 Å². The third-order valence-corrected chi connectivity index (χ3v) is 17.2. The number of benzene rings is 3. The highest BCUT2D eigenvalue weighted by atomic mass is 32.1. The second kappa shape index (κ2) is 26.9. The van der Waals surface area contributed by atoms with E-state index >= 15 is 0 Å². The van der Waals surface area contributed by atoms with Crippen LogP contribution in [0.25, 0.3) is 21.6 Å².